The second-order valence-corrected chi connectivity index (χ2v) is 6.23. The molecule has 0 spiro atoms. The quantitative estimate of drug-likeness (QED) is 0.582. The zero-order chi connectivity index (χ0) is 16.2. The van der Waals surface area contributed by atoms with Crippen LogP contribution in [0.1, 0.15) is 16.7 Å². The van der Waals surface area contributed by atoms with Gasteiger partial charge in [-0.15, -0.1) is 0 Å². The van der Waals surface area contributed by atoms with Crippen LogP contribution in [0.4, 0.5) is 0 Å². The summed E-state index contributed by atoms with van der Waals surface area (Å²) in [5.41, 5.74) is 4.69. The number of thioether (sulfide) groups is 1. The van der Waals surface area contributed by atoms with E-state index in [1.54, 1.807) is 0 Å². The van der Waals surface area contributed by atoms with Crippen LogP contribution in [0.2, 0.25) is 0 Å². The summed E-state index contributed by atoms with van der Waals surface area (Å²) in [6, 6.07) is 18.1. The zero-order valence-corrected chi connectivity index (χ0v) is 14.0. The maximum atomic E-state index is 12.6. The summed E-state index contributed by atoms with van der Waals surface area (Å²) in [6.07, 6.45) is 2.48. The molecule has 0 saturated heterocycles. The van der Waals surface area contributed by atoms with Crippen LogP contribution in [0.15, 0.2) is 64.5 Å². The minimum Gasteiger partial charge on any atom is -0.301 e. The van der Waals surface area contributed by atoms with E-state index in [9.17, 15) is 4.79 Å². The molecule has 0 atom stereocenters. The van der Waals surface area contributed by atoms with Gasteiger partial charge in [-0.1, -0.05) is 71.9 Å². The van der Waals surface area contributed by atoms with Crippen molar-refractivity contribution in [1.82, 2.24) is 9.97 Å². The number of benzene rings is 2. The summed E-state index contributed by atoms with van der Waals surface area (Å²) in [4.78, 5) is 20.1. The number of hydrogen-bond donors (Lipinski definition) is 1. The highest BCUT2D eigenvalue weighted by molar-refractivity contribution is 7.98. The molecular formula is C19H18N2OS. The van der Waals surface area contributed by atoms with Gasteiger partial charge in [0.2, 0.25) is 0 Å². The molecule has 0 amide bonds. The third kappa shape index (κ3) is 3.54. The van der Waals surface area contributed by atoms with Gasteiger partial charge in [0.05, 0.1) is 5.69 Å². The van der Waals surface area contributed by atoms with E-state index in [1.165, 1.54) is 17.3 Å². The Morgan fingerprint density at radius 1 is 1.04 bits per heavy atom. The van der Waals surface area contributed by atoms with Crippen LogP contribution < -0.4 is 5.56 Å². The average molecular weight is 322 g/mol. The maximum absolute atomic E-state index is 12.6. The summed E-state index contributed by atoms with van der Waals surface area (Å²) in [6.45, 7) is 2.06. The van der Waals surface area contributed by atoms with Gasteiger partial charge < -0.3 is 4.98 Å². The summed E-state index contributed by atoms with van der Waals surface area (Å²) in [7, 11) is 0. The molecule has 0 fully saturated rings. The number of aromatic amines is 1. The molecule has 23 heavy (non-hydrogen) atoms. The lowest BCUT2D eigenvalue weighted by atomic mass is 10.00. The van der Waals surface area contributed by atoms with Crippen LogP contribution in [0.5, 0.6) is 0 Å². The Morgan fingerprint density at radius 3 is 2.39 bits per heavy atom. The van der Waals surface area contributed by atoms with Crippen molar-refractivity contribution in [2.45, 2.75) is 18.5 Å². The van der Waals surface area contributed by atoms with Gasteiger partial charge in [0, 0.05) is 17.5 Å². The van der Waals surface area contributed by atoms with Crippen molar-refractivity contribution in [3.05, 3.63) is 81.6 Å². The fourth-order valence-corrected chi connectivity index (χ4v) is 2.86. The molecule has 4 heteroatoms. The largest absolute Gasteiger partial charge is 0.301 e. The summed E-state index contributed by atoms with van der Waals surface area (Å²) in [5, 5.41) is 0.640. The van der Waals surface area contributed by atoms with Gasteiger partial charge in [-0.25, -0.2) is 4.98 Å². The SMILES string of the molecule is CSc1nc(-c2ccccc2)c(Cc2ccc(C)cc2)c(=O)[nH]1. The van der Waals surface area contributed by atoms with Gasteiger partial charge in [-0.05, 0) is 18.7 Å². The van der Waals surface area contributed by atoms with Gasteiger partial charge in [0.15, 0.2) is 5.16 Å². The van der Waals surface area contributed by atoms with Gasteiger partial charge >= 0.3 is 0 Å². The van der Waals surface area contributed by atoms with Crippen LogP contribution in [0.25, 0.3) is 11.3 Å². The van der Waals surface area contributed by atoms with E-state index in [-0.39, 0.29) is 5.56 Å². The minimum absolute atomic E-state index is 0.0659. The van der Waals surface area contributed by atoms with Crippen molar-refractivity contribution in [2.75, 3.05) is 6.26 Å². The molecule has 0 radical (unpaired) electrons. The Labute approximate surface area is 139 Å². The van der Waals surface area contributed by atoms with Gasteiger partial charge in [-0.2, -0.15) is 0 Å². The van der Waals surface area contributed by atoms with Crippen LogP contribution >= 0.6 is 11.8 Å². The predicted molar refractivity (Wildman–Crippen MR) is 96.1 cm³/mol. The Balaban J connectivity index is 2.11. The standard InChI is InChI=1S/C19H18N2OS/c1-13-8-10-14(11-9-13)12-16-17(15-6-4-3-5-7-15)20-19(23-2)21-18(16)22/h3-11H,12H2,1-2H3,(H,20,21,22). The summed E-state index contributed by atoms with van der Waals surface area (Å²) < 4.78 is 0. The molecule has 0 aliphatic heterocycles. The van der Waals surface area contributed by atoms with Crippen molar-refractivity contribution < 1.29 is 0 Å². The number of hydrogen-bond acceptors (Lipinski definition) is 3. The Kier molecular flexibility index (Phi) is 4.63. The van der Waals surface area contributed by atoms with Crippen molar-refractivity contribution in [3.8, 4) is 11.3 Å². The molecule has 116 valence electrons. The molecule has 3 rings (SSSR count). The first kappa shape index (κ1) is 15.6. The van der Waals surface area contributed by atoms with Crippen molar-refractivity contribution in [1.29, 1.82) is 0 Å². The number of aryl methyl sites for hydroxylation is 1. The molecule has 0 aliphatic carbocycles. The van der Waals surface area contributed by atoms with E-state index in [2.05, 4.69) is 41.2 Å². The van der Waals surface area contributed by atoms with Crippen LogP contribution in [0.3, 0.4) is 0 Å². The first-order chi connectivity index (χ1) is 11.2. The highest BCUT2D eigenvalue weighted by Gasteiger charge is 2.13. The van der Waals surface area contributed by atoms with Crippen molar-refractivity contribution in [3.63, 3.8) is 0 Å². The number of rotatable bonds is 4. The predicted octanol–water partition coefficient (Wildman–Crippen LogP) is 4.06. The smallest absolute Gasteiger partial charge is 0.255 e. The lowest BCUT2D eigenvalue weighted by Crippen LogP contribution is -2.17. The molecule has 3 aromatic rings. The second-order valence-electron chi connectivity index (χ2n) is 5.43. The lowest BCUT2D eigenvalue weighted by Gasteiger charge is -2.10. The second kappa shape index (κ2) is 6.84. The van der Waals surface area contributed by atoms with Gasteiger partial charge in [0.1, 0.15) is 0 Å². The van der Waals surface area contributed by atoms with Gasteiger partial charge in [0.25, 0.3) is 5.56 Å². The van der Waals surface area contributed by atoms with E-state index >= 15 is 0 Å². The monoisotopic (exact) mass is 322 g/mol. The summed E-state index contributed by atoms with van der Waals surface area (Å²) in [5.74, 6) is 0. The fourth-order valence-electron chi connectivity index (χ4n) is 2.48. The Hall–Kier alpha value is -2.33. The molecule has 3 nitrogen and oxygen atoms in total. The molecular weight excluding hydrogens is 304 g/mol. The number of H-pyrrole nitrogens is 1. The molecule has 1 aromatic heterocycles. The molecule has 0 aliphatic rings. The van der Waals surface area contributed by atoms with Crippen LogP contribution in [0, 0.1) is 6.92 Å². The maximum Gasteiger partial charge on any atom is 0.255 e. The van der Waals surface area contributed by atoms with E-state index in [1.807, 2.05) is 36.6 Å². The molecule has 0 saturated carbocycles. The van der Waals surface area contributed by atoms with Crippen LogP contribution in [-0.4, -0.2) is 16.2 Å². The normalized spacial score (nSPS) is 10.7. The molecule has 1 N–H and O–H groups in total. The van der Waals surface area contributed by atoms with E-state index in [0.29, 0.717) is 17.1 Å². The molecule has 2 aromatic carbocycles. The molecule has 0 unspecified atom stereocenters. The van der Waals surface area contributed by atoms with Crippen molar-refractivity contribution >= 4 is 11.8 Å². The summed E-state index contributed by atoms with van der Waals surface area (Å²) >= 11 is 1.44. The zero-order valence-electron chi connectivity index (χ0n) is 13.2. The Bertz CT molecular complexity index is 855. The third-order valence-corrected chi connectivity index (χ3v) is 4.32. The fraction of sp³-hybridized carbons (Fsp3) is 0.158. The topological polar surface area (TPSA) is 45.8 Å². The Morgan fingerprint density at radius 2 is 1.74 bits per heavy atom. The highest BCUT2D eigenvalue weighted by atomic mass is 32.2. The molecule has 1 heterocycles. The number of nitrogens with one attached hydrogen (secondary N) is 1. The van der Waals surface area contributed by atoms with Crippen LogP contribution in [-0.2, 0) is 6.42 Å². The molecule has 0 bridgehead atoms. The van der Waals surface area contributed by atoms with Crippen molar-refractivity contribution in [2.24, 2.45) is 0 Å². The first-order valence-electron chi connectivity index (χ1n) is 7.45. The first-order valence-corrected chi connectivity index (χ1v) is 8.68. The van der Waals surface area contributed by atoms with E-state index in [0.717, 1.165) is 16.8 Å². The van der Waals surface area contributed by atoms with Gasteiger partial charge in [-0.3, -0.25) is 4.79 Å². The highest BCUT2D eigenvalue weighted by Crippen LogP contribution is 2.23. The minimum atomic E-state index is -0.0659. The number of nitrogens with zero attached hydrogens (tertiary/aromatic N) is 1. The van der Waals surface area contributed by atoms with E-state index < -0.39 is 0 Å². The van der Waals surface area contributed by atoms with E-state index in [4.69, 9.17) is 0 Å². The lowest BCUT2D eigenvalue weighted by molar-refractivity contribution is 0.909. The average Bonchev–Trinajstić information content (AvgIpc) is 2.59. The number of aromatic nitrogens is 2. The third-order valence-electron chi connectivity index (χ3n) is 3.74.